The van der Waals surface area contributed by atoms with Crippen LogP contribution < -0.4 is 15.4 Å². The molecule has 9 heteroatoms. The van der Waals surface area contributed by atoms with Crippen molar-refractivity contribution in [1.82, 2.24) is 10.1 Å². The number of allylic oxidation sites excluding steroid dienone is 2. The molecule has 0 aliphatic heterocycles. The van der Waals surface area contributed by atoms with Crippen molar-refractivity contribution in [2.24, 2.45) is 4.99 Å². The van der Waals surface area contributed by atoms with Crippen molar-refractivity contribution in [2.75, 3.05) is 17.3 Å². The molecule has 0 spiro atoms. The van der Waals surface area contributed by atoms with Crippen molar-refractivity contribution < 1.29 is 18.8 Å². The Morgan fingerprint density at radius 3 is 2.56 bits per heavy atom. The van der Waals surface area contributed by atoms with Crippen molar-refractivity contribution in [3.8, 4) is 11.5 Å². The maximum Gasteiger partial charge on any atom is 0.264 e. The minimum absolute atomic E-state index is 0.0835. The van der Waals surface area contributed by atoms with Crippen LogP contribution in [0.2, 0.25) is 0 Å². The maximum absolute atomic E-state index is 14.2. The van der Waals surface area contributed by atoms with Crippen LogP contribution in [-0.4, -0.2) is 27.8 Å². The van der Waals surface area contributed by atoms with E-state index in [2.05, 4.69) is 39.3 Å². The molecule has 0 bridgehead atoms. The number of aryl methyl sites for hydroxylation is 1. The number of ether oxygens (including phenoxy) is 1. The highest BCUT2D eigenvalue weighted by Crippen LogP contribution is 2.18. The summed E-state index contributed by atoms with van der Waals surface area (Å²) in [6.45, 7) is 9.15. The molecule has 2 aromatic carbocycles. The summed E-state index contributed by atoms with van der Waals surface area (Å²) >= 11 is 0. The van der Waals surface area contributed by atoms with E-state index in [1.165, 1.54) is 6.08 Å². The number of hydrogen-bond donors (Lipinski definition) is 3. The van der Waals surface area contributed by atoms with Gasteiger partial charge in [-0.1, -0.05) is 24.2 Å². The molecule has 180 valence electrons. The largest absolute Gasteiger partial charge is 0.508 e. The van der Waals surface area contributed by atoms with Crippen LogP contribution in [0.3, 0.4) is 0 Å². The lowest BCUT2D eigenvalue weighted by molar-refractivity contribution is 0.242. The first-order valence-corrected chi connectivity index (χ1v) is 10.7. The van der Waals surface area contributed by atoms with Gasteiger partial charge in [-0.25, -0.2) is 9.38 Å². The molecule has 0 radical (unpaired) electrons. The third kappa shape index (κ3) is 9.15. The Kier molecular flexibility index (Phi) is 10.8. The zero-order valence-corrected chi connectivity index (χ0v) is 19.6. The Morgan fingerprint density at radius 1 is 1.24 bits per heavy atom. The number of anilines is 2. The second-order valence-electron chi connectivity index (χ2n) is 6.90. The molecule has 8 nitrogen and oxygen atoms in total. The molecule has 3 N–H and O–H groups in total. The van der Waals surface area contributed by atoms with E-state index in [1.54, 1.807) is 62.4 Å². The number of hydrogen-bond acceptors (Lipinski definition) is 7. The van der Waals surface area contributed by atoms with Gasteiger partial charge in [0.1, 0.15) is 18.2 Å². The number of phenolic OH excluding ortho intramolecular Hbond substituents is 1. The van der Waals surface area contributed by atoms with Crippen LogP contribution in [0.4, 0.5) is 15.8 Å². The normalized spacial score (nSPS) is 11.3. The van der Waals surface area contributed by atoms with Gasteiger partial charge in [-0.2, -0.15) is 4.98 Å². The third-order valence-electron chi connectivity index (χ3n) is 4.18. The number of phenols is 1. The summed E-state index contributed by atoms with van der Waals surface area (Å²) < 4.78 is 24.8. The molecule has 1 aromatic heterocycles. The van der Waals surface area contributed by atoms with E-state index < -0.39 is 5.83 Å². The van der Waals surface area contributed by atoms with Crippen molar-refractivity contribution >= 4 is 17.2 Å². The summed E-state index contributed by atoms with van der Waals surface area (Å²) in [5.41, 5.74) is 1.32. The summed E-state index contributed by atoms with van der Waals surface area (Å²) in [5.74, 6) is 1.27. The molecule has 0 unspecified atom stereocenters. The fourth-order valence-electron chi connectivity index (χ4n) is 2.45. The Labute approximate surface area is 198 Å². The minimum Gasteiger partial charge on any atom is -0.508 e. The monoisotopic (exact) mass is 467 g/mol. The van der Waals surface area contributed by atoms with E-state index in [9.17, 15) is 9.50 Å². The Morgan fingerprint density at radius 2 is 1.97 bits per heavy atom. The van der Waals surface area contributed by atoms with Crippen LogP contribution in [0.15, 0.2) is 82.6 Å². The van der Waals surface area contributed by atoms with Gasteiger partial charge in [0.25, 0.3) is 5.89 Å². The van der Waals surface area contributed by atoms with Crippen LogP contribution in [0.5, 0.6) is 11.5 Å². The van der Waals surface area contributed by atoms with Crippen LogP contribution in [0.25, 0.3) is 0 Å². The van der Waals surface area contributed by atoms with E-state index in [0.717, 1.165) is 6.42 Å². The first-order chi connectivity index (χ1) is 16.4. The minimum atomic E-state index is -0.486. The van der Waals surface area contributed by atoms with Crippen LogP contribution >= 0.6 is 0 Å². The molecule has 0 aliphatic carbocycles. The van der Waals surface area contributed by atoms with E-state index in [-0.39, 0.29) is 24.9 Å². The fraction of sp³-hybridized carbons (Fsp3) is 0.240. The quantitative estimate of drug-likeness (QED) is 0.201. The lowest BCUT2D eigenvalue weighted by atomic mass is 10.3. The third-order valence-corrected chi connectivity index (χ3v) is 4.18. The molecule has 1 heterocycles. The van der Waals surface area contributed by atoms with Crippen LogP contribution in [-0.2, 0) is 6.61 Å². The number of nitrogens with zero attached hydrogens (tertiary/aromatic N) is 3. The number of aromatic nitrogens is 2. The van der Waals surface area contributed by atoms with Crippen LogP contribution in [0.1, 0.15) is 32.0 Å². The van der Waals surface area contributed by atoms with Gasteiger partial charge < -0.3 is 25.0 Å². The van der Waals surface area contributed by atoms with Gasteiger partial charge in [-0.15, -0.1) is 6.58 Å². The van der Waals surface area contributed by atoms with Gasteiger partial charge in [0.15, 0.2) is 24.1 Å². The maximum atomic E-state index is 14.2. The average Bonchev–Trinajstić information content (AvgIpc) is 3.27. The molecule has 3 rings (SSSR count). The topological polar surface area (TPSA) is 105 Å². The van der Waals surface area contributed by atoms with E-state index >= 15 is 0 Å². The number of halogens is 1. The molecule has 0 atom stereocenters. The van der Waals surface area contributed by atoms with Crippen molar-refractivity contribution in [1.29, 1.82) is 0 Å². The van der Waals surface area contributed by atoms with Crippen molar-refractivity contribution in [3.63, 3.8) is 0 Å². The highest BCUT2D eigenvalue weighted by Gasteiger charge is 2.07. The number of aliphatic imine (C=N–C) groups is 1. The number of amidine groups is 1. The van der Waals surface area contributed by atoms with Gasteiger partial charge in [0.05, 0.1) is 0 Å². The smallest absolute Gasteiger partial charge is 0.264 e. The lowest BCUT2D eigenvalue weighted by Crippen LogP contribution is -2.15. The van der Waals surface area contributed by atoms with E-state index in [0.29, 0.717) is 28.8 Å². The molecule has 34 heavy (non-hydrogen) atoms. The molecule has 3 aromatic rings. The number of nitrogens with one attached hydrogen (secondary N) is 2. The zero-order valence-electron chi connectivity index (χ0n) is 19.6. The number of aromatic hydroxyl groups is 1. The summed E-state index contributed by atoms with van der Waals surface area (Å²) in [5, 5.41) is 19.1. The SMILES string of the molecule is C/C=C(F)\C(=N/CNc1cccc(O)c1)Nc1ccc(OCc2nc(C)no2)cc1.C=CCC. The van der Waals surface area contributed by atoms with Gasteiger partial charge in [-0.05, 0) is 62.7 Å². The predicted octanol–water partition coefficient (Wildman–Crippen LogP) is 6.00. The van der Waals surface area contributed by atoms with Gasteiger partial charge >= 0.3 is 0 Å². The predicted molar refractivity (Wildman–Crippen MR) is 133 cm³/mol. The first kappa shape index (κ1) is 26.1. The standard InChI is InChI=1S/C21H22FN5O3.C4H8/c1-3-19(22)21(24-13-23-16-5-4-6-17(28)11-16)26-15-7-9-18(10-8-15)29-12-20-25-14(2)27-30-20;1-3-4-2/h3-11,23,28H,12-13H2,1-2H3,(H,24,26);3H,1,4H2,2H3/b19-3+;. The van der Waals surface area contributed by atoms with Gasteiger partial charge in [0.2, 0.25) is 0 Å². The molecular formula is C25H30FN5O3. The molecular weight excluding hydrogens is 437 g/mol. The van der Waals surface area contributed by atoms with Gasteiger partial charge in [-0.3, -0.25) is 0 Å². The van der Waals surface area contributed by atoms with Crippen molar-refractivity contribution in [2.45, 2.75) is 33.8 Å². The molecule has 0 fully saturated rings. The average molecular weight is 468 g/mol. The first-order valence-electron chi connectivity index (χ1n) is 10.7. The van der Waals surface area contributed by atoms with E-state index in [1.807, 2.05) is 6.08 Å². The van der Waals surface area contributed by atoms with Gasteiger partial charge in [0, 0.05) is 17.4 Å². The number of benzene rings is 2. The summed E-state index contributed by atoms with van der Waals surface area (Å²) in [4.78, 5) is 8.29. The van der Waals surface area contributed by atoms with Crippen LogP contribution in [0, 0.1) is 6.92 Å². The fourth-order valence-corrected chi connectivity index (χ4v) is 2.45. The molecule has 0 saturated heterocycles. The van der Waals surface area contributed by atoms with Crippen molar-refractivity contribution in [3.05, 3.63) is 84.8 Å². The summed E-state index contributed by atoms with van der Waals surface area (Å²) in [7, 11) is 0. The number of rotatable bonds is 9. The molecule has 0 aliphatic rings. The summed E-state index contributed by atoms with van der Waals surface area (Å²) in [6.07, 6.45) is 4.28. The Bertz CT molecular complexity index is 1090. The Balaban J connectivity index is 0.000000945. The summed E-state index contributed by atoms with van der Waals surface area (Å²) in [6, 6.07) is 13.6. The highest BCUT2D eigenvalue weighted by molar-refractivity contribution is 6.06. The molecule has 0 amide bonds. The second-order valence-corrected chi connectivity index (χ2v) is 6.90. The van der Waals surface area contributed by atoms with E-state index in [4.69, 9.17) is 9.26 Å². The lowest BCUT2D eigenvalue weighted by Gasteiger charge is -2.11. The second kappa shape index (κ2) is 14.1. The zero-order chi connectivity index (χ0) is 24.8. The molecule has 0 saturated carbocycles. The Hall–Kier alpha value is -4.14. The highest BCUT2D eigenvalue weighted by atomic mass is 19.1.